The van der Waals surface area contributed by atoms with Crippen molar-refractivity contribution in [3.8, 4) is 0 Å². The fourth-order valence-electron chi connectivity index (χ4n) is 1.75. The van der Waals surface area contributed by atoms with E-state index in [1.165, 1.54) is 6.92 Å². The molecule has 0 aliphatic carbocycles. The van der Waals surface area contributed by atoms with Crippen LogP contribution in [0, 0.1) is 24.0 Å². The van der Waals surface area contributed by atoms with Crippen molar-refractivity contribution in [2.45, 2.75) is 20.4 Å². The van der Waals surface area contributed by atoms with E-state index in [1.54, 1.807) is 12.4 Å². The number of halogens is 1. The van der Waals surface area contributed by atoms with Gasteiger partial charge in [-0.1, -0.05) is 0 Å². The summed E-state index contributed by atoms with van der Waals surface area (Å²) in [5.41, 5.74) is 2.02. The van der Waals surface area contributed by atoms with Gasteiger partial charge in [-0.3, -0.25) is 15.1 Å². The number of hydrogen-bond donors (Lipinski definition) is 1. The Labute approximate surface area is 120 Å². The molecule has 7 nitrogen and oxygen atoms in total. The average Bonchev–Trinajstić information content (AvgIpc) is 2.36. The molecule has 0 bridgehead atoms. The Hall–Kier alpha value is -2.28. The monoisotopic (exact) mass is 293 g/mol. The molecule has 0 aliphatic heterocycles. The highest BCUT2D eigenvalue weighted by atomic mass is 35.5. The van der Waals surface area contributed by atoms with Crippen LogP contribution >= 0.6 is 11.6 Å². The molecule has 0 saturated heterocycles. The van der Waals surface area contributed by atoms with E-state index in [0.717, 1.165) is 11.1 Å². The summed E-state index contributed by atoms with van der Waals surface area (Å²) in [6.45, 7) is 3.83. The molecule has 2 rings (SSSR count). The van der Waals surface area contributed by atoms with Crippen LogP contribution in [0.2, 0.25) is 5.28 Å². The van der Waals surface area contributed by atoms with Gasteiger partial charge in [0.1, 0.15) is 5.69 Å². The van der Waals surface area contributed by atoms with E-state index in [1.807, 2.05) is 13.0 Å². The molecule has 0 fully saturated rings. The van der Waals surface area contributed by atoms with Crippen LogP contribution in [0.1, 0.15) is 16.8 Å². The maximum absolute atomic E-state index is 11.1. The van der Waals surface area contributed by atoms with Crippen molar-refractivity contribution in [1.29, 1.82) is 0 Å². The topological polar surface area (TPSA) is 93.8 Å². The third kappa shape index (κ3) is 3.00. The number of nitrogens with zero attached hydrogens (tertiary/aromatic N) is 4. The number of aromatic nitrogens is 3. The van der Waals surface area contributed by atoms with Crippen molar-refractivity contribution < 1.29 is 4.92 Å². The van der Waals surface area contributed by atoms with Gasteiger partial charge in [-0.15, -0.1) is 0 Å². The van der Waals surface area contributed by atoms with Crippen LogP contribution in [0.4, 0.5) is 11.5 Å². The number of anilines is 1. The predicted octanol–water partition coefficient (Wildman–Crippen LogP) is 2.66. The first-order valence-corrected chi connectivity index (χ1v) is 6.18. The lowest BCUT2D eigenvalue weighted by Crippen LogP contribution is -2.08. The molecular weight excluding hydrogens is 282 g/mol. The minimum absolute atomic E-state index is 0.0259. The van der Waals surface area contributed by atoms with E-state index < -0.39 is 4.92 Å². The maximum Gasteiger partial charge on any atom is 0.332 e. The first-order valence-electron chi connectivity index (χ1n) is 5.81. The lowest BCUT2D eigenvalue weighted by Gasteiger charge is -2.09. The molecule has 0 unspecified atom stereocenters. The Morgan fingerprint density at radius 2 is 2.15 bits per heavy atom. The third-order valence-electron chi connectivity index (χ3n) is 2.80. The van der Waals surface area contributed by atoms with Gasteiger partial charge in [0.2, 0.25) is 11.1 Å². The maximum atomic E-state index is 11.1. The van der Waals surface area contributed by atoms with Gasteiger partial charge in [0.05, 0.1) is 4.92 Å². The molecule has 0 aliphatic rings. The summed E-state index contributed by atoms with van der Waals surface area (Å²) in [5.74, 6) is 0.115. The number of rotatable bonds is 4. The van der Waals surface area contributed by atoms with Crippen LogP contribution < -0.4 is 5.32 Å². The van der Waals surface area contributed by atoms with Gasteiger partial charge in [0, 0.05) is 18.9 Å². The zero-order valence-electron chi connectivity index (χ0n) is 10.9. The molecule has 0 spiro atoms. The van der Waals surface area contributed by atoms with Gasteiger partial charge < -0.3 is 5.32 Å². The largest absolute Gasteiger partial charge is 0.360 e. The van der Waals surface area contributed by atoms with Gasteiger partial charge in [0.15, 0.2) is 0 Å². The van der Waals surface area contributed by atoms with Crippen LogP contribution in [0.3, 0.4) is 0 Å². The smallest absolute Gasteiger partial charge is 0.332 e. The molecule has 8 heteroatoms. The second-order valence-corrected chi connectivity index (χ2v) is 4.53. The van der Waals surface area contributed by atoms with E-state index in [0.29, 0.717) is 6.54 Å². The van der Waals surface area contributed by atoms with E-state index in [2.05, 4.69) is 20.3 Å². The second-order valence-electron chi connectivity index (χ2n) is 4.19. The Morgan fingerprint density at radius 3 is 2.80 bits per heavy atom. The SMILES string of the molecule is Cc1cnccc1CNc1nc(Cl)nc(C)c1[N+](=O)[O-]. The summed E-state index contributed by atoms with van der Waals surface area (Å²) in [6.07, 6.45) is 3.39. The van der Waals surface area contributed by atoms with Crippen molar-refractivity contribution in [3.05, 3.63) is 50.7 Å². The van der Waals surface area contributed by atoms with Gasteiger partial charge in [0.25, 0.3) is 0 Å². The van der Waals surface area contributed by atoms with Crippen LogP contribution in [-0.2, 0) is 6.54 Å². The van der Waals surface area contributed by atoms with Gasteiger partial charge >= 0.3 is 5.69 Å². The van der Waals surface area contributed by atoms with Crippen LogP contribution in [0.25, 0.3) is 0 Å². The zero-order valence-corrected chi connectivity index (χ0v) is 11.7. The van der Waals surface area contributed by atoms with E-state index in [-0.39, 0.29) is 22.5 Å². The summed E-state index contributed by atoms with van der Waals surface area (Å²) in [7, 11) is 0. The molecule has 1 N–H and O–H groups in total. The lowest BCUT2D eigenvalue weighted by molar-refractivity contribution is -0.385. The quantitative estimate of drug-likeness (QED) is 0.529. The van der Waals surface area contributed by atoms with Gasteiger partial charge in [-0.2, -0.15) is 4.98 Å². The second kappa shape index (κ2) is 5.79. The lowest BCUT2D eigenvalue weighted by atomic mass is 10.1. The summed E-state index contributed by atoms with van der Waals surface area (Å²) in [6, 6.07) is 1.84. The zero-order chi connectivity index (χ0) is 14.7. The molecule has 2 heterocycles. The molecule has 0 atom stereocenters. The molecule has 2 aromatic rings. The fourth-order valence-corrected chi connectivity index (χ4v) is 1.97. The molecule has 104 valence electrons. The Morgan fingerprint density at radius 1 is 1.40 bits per heavy atom. The molecular formula is C12H12ClN5O2. The highest BCUT2D eigenvalue weighted by Gasteiger charge is 2.21. The van der Waals surface area contributed by atoms with Crippen molar-refractivity contribution in [2.75, 3.05) is 5.32 Å². The third-order valence-corrected chi connectivity index (χ3v) is 2.97. The molecule has 0 saturated carbocycles. The fraction of sp³-hybridized carbons (Fsp3) is 0.250. The summed E-state index contributed by atoms with van der Waals surface area (Å²) < 4.78 is 0. The first kappa shape index (κ1) is 14.1. The number of hydrogen-bond acceptors (Lipinski definition) is 6. The van der Waals surface area contributed by atoms with Crippen molar-refractivity contribution in [1.82, 2.24) is 15.0 Å². The Balaban J connectivity index is 2.30. The summed E-state index contributed by atoms with van der Waals surface area (Å²) in [5, 5.41) is 14.0. The standard InChI is InChI=1S/C12H12ClN5O2/c1-7-5-14-4-3-9(7)6-15-11-10(18(19)20)8(2)16-12(13)17-11/h3-5H,6H2,1-2H3,(H,15,16,17). The van der Waals surface area contributed by atoms with Crippen LogP contribution in [-0.4, -0.2) is 19.9 Å². The molecule has 0 radical (unpaired) electrons. The van der Waals surface area contributed by atoms with Crippen LogP contribution in [0.15, 0.2) is 18.5 Å². The van der Waals surface area contributed by atoms with Crippen molar-refractivity contribution in [3.63, 3.8) is 0 Å². The van der Waals surface area contributed by atoms with E-state index >= 15 is 0 Å². The van der Waals surface area contributed by atoms with E-state index in [9.17, 15) is 10.1 Å². The minimum Gasteiger partial charge on any atom is -0.360 e. The minimum atomic E-state index is -0.520. The first-order chi connectivity index (χ1) is 9.49. The molecule has 0 amide bonds. The van der Waals surface area contributed by atoms with Crippen LogP contribution in [0.5, 0.6) is 0 Å². The molecule has 20 heavy (non-hydrogen) atoms. The Bertz CT molecular complexity index is 662. The van der Waals surface area contributed by atoms with Gasteiger partial charge in [-0.25, -0.2) is 4.98 Å². The highest BCUT2D eigenvalue weighted by molar-refractivity contribution is 6.28. The normalized spacial score (nSPS) is 10.3. The Kier molecular flexibility index (Phi) is 4.09. The summed E-state index contributed by atoms with van der Waals surface area (Å²) in [4.78, 5) is 22.2. The molecule has 2 aromatic heterocycles. The van der Waals surface area contributed by atoms with Gasteiger partial charge in [-0.05, 0) is 42.6 Å². The highest BCUT2D eigenvalue weighted by Crippen LogP contribution is 2.26. The van der Waals surface area contributed by atoms with Crippen molar-refractivity contribution >= 4 is 23.1 Å². The van der Waals surface area contributed by atoms with E-state index in [4.69, 9.17) is 11.6 Å². The number of aryl methyl sites for hydroxylation is 2. The number of pyridine rings is 1. The predicted molar refractivity (Wildman–Crippen MR) is 74.7 cm³/mol. The summed E-state index contributed by atoms with van der Waals surface area (Å²) >= 11 is 5.74. The average molecular weight is 294 g/mol. The number of nitrogens with one attached hydrogen (secondary N) is 1. The number of nitro groups is 1. The molecule has 0 aromatic carbocycles. The van der Waals surface area contributed by atoms with Crippen molar-refractivity contribution in [2.24, 2.45) is 0 Å².